The number of rotatable bonds is 11. The van der Waals surface area contributed by atoms with Crippen LogP contribution in [0.25, 0.3) is 11.1 Å². The number of hydrogen-bond acceptors (Lipinski definition) is 6. The maximum atomic E-state index is 12.7. The Hall–Kier alpha value is -4.01. The number of benzene rings is 2. The van der Waals surface area contributed by atoms with Gasteiger partial charge < -0.3 is 15.2 Å². The van der Waals surface area contributed by atoms with Gasteiger partial charge in [0, 0.05) is 6.04 Å². The SMILES string of the molecule is CC(C)C(=O)OC[C@](C)(C[C@H](Cc1ccc(-c2ccccc2)cc1)NC(=O)c1cn[nH]n1)C(=O)O. The quantitative estimate of drug-likeness (QED) is 0.359. The van der Waals surface area contributed by atoms with E-state index in [1.165, 1.54) is 13.1 Å². The molecule has 0 aliphatic rings. The minimum Gasteiger partial charge on any atom is -0.481 e. The maximum absolute atomic E-state index is 12.7. The molecule has 0 aliphatic carbocycles. The number of esters is 1. The Morgan fingerprint density at radius 1 is 1.06 bits per heavy atom. The van der Waals surface area contributed by atoms with E-state index in [2.05, 4.69) is 20.7 Å². The Labute approximate surface area is 203 Å². The fraction of sp³-hybridized carbons (Fsp3) is 0.346. The van der Waals surface area contributed by atoms with Crippen molar-refractivity contribution in [2.45, 2.75) is 39.7 Å². The van der Waals surface area contributed by atoms with Crippen molar-refractivity contribution >= 4 is 17.8 Å². The molecule has 9 nitrogen and oxygen atoms in total. The van der Waals surface area contributed by atoms with E-state index in [1.54, 1.807) is 13.8 Å². The van der Waals surface area contributed by atoms with Gasteiger partial charge >= 0.3 is 11.9 Å². The predicted molar refractivity (Wildman–Crippen MR) is 129 cm³/mol. The van der Waals surface area contributed by atoms with Crippen LogP contribution in [0.15, 0.2) is 60.8 Å². The second kappa shape index (κ2) is 11.4. The molecule has 35 heavy (non-hydrogen) atoms. The van der Waals surface area contributed by atoms with E-state index >= 15 is 0 Å². The third-order valence-electron chi connectivity index (χ3n) is 5.74. The number of carboxylic acid groups (broad SMARTS) is 1. The van der Waals surface area contributed by atoms with E-state index in [9.17, 15) is 19.5 Å². The summed E-state index contributed by atoms with van der Waals surface area (Å²) in [6, 6.07) is 17.2. The molecule has 0 fully saturated rings. The Kier molecular flexibility index (Phi) is 8.35. The number of aliphatic carboxylic acids is 1. The second-order valence-corrected chi connectivity index (χ2v) is 9.13. The molecule has 184 valence electrons. The van der Waals surface area contributed by atoms with Crippen LogP contribution in [-0.2, 0) is 20.7 Å². The lowest BCUT2D eigenvalue weighted by Crippen LogP contribution is -2.45. The molecule has 0 bridgehead atoms. The highest BCUT2D eigenvalue weighted by Gasteiger charge is 2.38. The molecule has 1 heterocycles. The van der Waals surface area contributed by atoms with Crippen molar-refractivity contribution in [2.24, 2.45) is 11.3 Å². The van der Waals surface area contributed by atoms with Crippen molar-refractivity contribution < 1.29 is 24.2 Å². The Bertz CT molecular complexity index is 1130. The van der Waals surface area contributed by atoms with Crippen LogP contribution in [0.1, 0.15) is 43.2 Å². The molecule has 3 N–H and O–H groups in total. The first-order valence-electron chi connectivity index (χ1n) is 11.4. The minimum atomic E-state index is -1.41. The first-order valence-corrected chi connectivity index (χ1v) is 11.4. The molecule has 2 aromatic carbocycles. The van der Waals surface area contributed by atoms with Crippen LogP contribution in [0.4, 0.5) is 0 Å². The summed E-state index contributed by atoms with van der Waals surface area (Å²) in [5.74, 6) is -2.44. The molecule has 1 amide bonds. The molecular formula is C26H30N4O5. The lowest BCUT2D eigenvalue weighted by Gasteiger charge is -2.30. The molecular weight excluding hydrogens is 448 g/mol. The molecule has 9 heteroatoms. The van der Waals surface area contributed by atoms with Crippen molar-refractivity contribution in [1.82, 2.24) is 20.7 Å². The average molecular weight is 479 g/mol. The number of nitrogens with zero attached hydrogens (tertiary/aromatic N) is 2. The summed E-state index contributed by atoms with van der Waals surface area (Å²) in [5, 5.41) is 22.7. The number of aromatic nitrogens is 3. The average Bonchev–Trinajstić information content (AvgIpc) is 3.38. The van der Waals surface area contributed by atoms with Crippen LogP contribution in [0, 0.1) is 11.3 Å². The van der Waals surface area contributed by atoms with Gasteiger partial charge in [-0.05, 0) is 36.5 Å². The van der Waals surface area contributed by atoms with E-state index in [1.807, 2.05) is 54.6 Å². The van der Waals surface area contributed by atoms with Crippen LogP contribution in [0.3, 0.4) is 0 Å². The summed E-state index contributed by atoms with van der Waals surface area (Å²) in [6.45, 7) is 4.57. The van der Waals surface area contributed by atoms with Gasteiger partial charge in [0.25, 0.3) is 5.91 Å². The summed E-state index contributed by atoms with van der Waals surface area (Å²) in [5.41, 5.74) is 1.74. The molecule has 0 unspecified atom stereocenters. The third-order valence-corrected chi connectivity index (χ3v) is 5.74. The van der Waals surface area contributed by atoms with Gasteiger partial charge in [-0.1, -0.05) is 68.4 Å². The summed E-state index contributed by atoms with van der Waals surface area (Å²) in [7, 11) is 0. The summed E-state index contributed by atoms with van der Waals surface area (Å²) in [6.07, 6.45) is 1.71. The van der Waals surface area contributed by atoms with E-state index in [0.717, 1.165) is 16.7 Å². The normalized spacial score (nSPS) is 13.6. The zero-order valence-electron chi connectivity index (χ0n) is 20.0. The molecule has 3 aromatic rings. The van der Waals surface area contributed by atoms with Crippen LogP contribution < -0.4 is 5.32 Å². The molecule has 3 rings (SSSR count). The van der Waals surface area contributed by atoms with E-state index in [0.29, 0.717) is 6.42 Å². The van der Waals surface area contributed by atoms with Crippen LogP contribution in [0.5, 0.6) is 0 Å². The number of ether oxygens (including phenoxy) is 1. The minimum absolute atomic E-state index is 0.0394. The van der Waals surface area contributed by atoms with E-state index < -0.39 is 29.3 Å². The van der Waals surface area contributed by atoms with Gasteiger partial charge in [0.1, 0.15) is 12.0 Å². The summed E-state index contributed by atoms with van der Waals surface area (Å²) >= 11 is 0. The van der Waals surface area contributed by atoms with Crippen LogP contribution >= 0.6 is 0 Å². The fourth-order valence-electron chi connectivity index (χ4n) is 3.64. The number of H-pyrrole nitrogens is 1. The van der Waals surface area contributed by atoms with E-state index in [4.69, 9.17) is 4.74 Å². The van der Waals surface area contributed by atoms with Crippen molar-refractivity contribution in [3.05, 3.63) is 72.1 Å². The lowest BCUT2D eigenvalue weighted by molar-refractivity contribution is -0.160. The number of carbonyl (C=O) groups is 3. The van der Waals surface area contributed by atoms with Crippen molar-refractivity contribution in [2.75, 3.05) is 6.61 Å². The largest absolute Gasteiger partial charge is 0.481 e. The molecule has 0 saturated heterocycles. The smallest absolute Gasteiger partial charge is 0.312 e. The molecule has 0 aliphatic heterocycles. The zero-order valence-corrected chi connectivity index (χ0v) is 20.0. The van der Waals surface area contributed by atoms with Gasteiger partial charge in [0.15, 0.2) is 5.69 Å². The predicted octanol–water partition coefficient (Wildman–Crippen LogP) is 3.49. The zero-order chi connectivity index (χ0) is 25.4. The summed E-state index contributed by atoms with van der Waals surface area (Å²) < 4.78 is 5.26. The number of nitrogens with one attached hydrogen (secondary N) is 2. The fourth-order valence-corrected chi connectivity index (χ4v) is 3.64. The summed E-state index contributed by atoms with van der Waals surface area (Å²) in [4.78, 5) is 36.8. The number of aromatic amines is 1. The number of carbonyl (C=O) groups excluding carboxylic acids is 2. The van der Waals surface area contributed by atoms with Gasteiger partial charge in [-0.15, -0.1) is 0 Å². The Balaban J connectivity index is 1.80. The maximum Gasteiger partial charge on any atom is 0.312 e. The van der Waals surface area contributed by atoms with Gasteiger partial charge in [-0.2, -0.15) is 15.4 Å². The highest BCUT2D eigenvalue weighted by Crippen LogP contribution is 2.27. The first-order chi connectivity index (χ1) is 16.7. The number of carboxylic acids is 1. The first kappa shape index (κ1) is 25.6. The van der Waals surface area contributed by atoms with Crippen molar-refractivity contribution in [3.8, 4) is 11.1 Å². The topological polar surface area (TPSA) is 134 Å². The number of amides is 1. The highest BCUT2D eigenvalue weighted by atomic mass is 16.5. The Morgan fingerprint density at radius 3 is 2.29 bits per heavy atom. The number of hydrogen-bond donors (Lipinski definition) is 3. The van der Waals surface area contributed by atoms with Crippen molar-refractivity contribution in [1.29, 1.82) is 0 Å². The van der Waals surface area contributed by atoms with Gasteiger partial charge in [-0.3, -0.25) is 14.4 Å². The molecule has 1 aromatic heterocycles. The van der Waals surface area contributed by atoms with Crippen LogP contribution in [0.2, 0.25) is 0 Å². The lowest BCUT2D eigenvalue weighted by atomic mass is 9.82. The standard InChI is InChI=1S/C26H30N4O5/c1-17(2)24(32)35-16-26(3,25(33)34)14-21(28-23(31)22-15-27-30-29-22)13-18-9-11-20(12-10-18)19-7-5-4-6-8-19/h4-12,15,17,21H,13-14,16H2,1-3H3,(H,28,31)(H,33,34)(H,27,29,30)/t21-,26-/m0/s1. The Morgan fingerprint density at radius 2 is 1.71 bits per heavy atom. The van der Waals surface area contributed by atoms with E-state index in [-0.39, 0.29) is 24.6 Å². The monoisotopic (exact) mass is 478 g/mol. The second-order valence-electron chi connectivity index (χ2n) is 9.13. The van der Waals surface area contributed by atoms with Gasteiger partial charge in [0.05, 0.1) is 12.1 Å². The van der Waals surface area contributed by atoms with Gasteiger partial charge in [-0.25, -0.2) is 0 Å². The highest BCUT2D eigenvalue weighted by molar-refractivity contribution is 5.92. The van der Waals surface area contributed by atoms with Gasteiger partial charge in [0.2, 0.25) is 0 Å². The molecule has 2 atom stereocenters. The van der Waals surface area contributed by atoms with Crippen LogP contribution in [-0.4, -0.2) is 51.0 Å². The third kappa shape index (κ3) is 6.99. The molecule has 0 spiro atoms. The molecule has 0 saturated carbocycles. The molecule has 0 radical (unpaired) electrons. The van der Waals surface area contributed by atoms with Crippen molar-refractivity contribution in [3.63, 3.8) is 0 Å².